The number of ether oxygens (including phenoxy) is 2. The second kappa shape index (κ2) is 5.02. The molecular formula is C16H22N2O2. The van der Waals surface area contributed by atoms with Crippen LogP contribution < -0.4 is 16.0 Å². The van der Waals surface area contributed by atoms with Crippen LogP contribution in [0.25, 0.3) is 0 Å². The molecule has 1 aromatic carbocycles. The van der Waals surface area contributed by atoms with Crippen molar-refractivity contribution in [2.24, 2.45) is 11.8 Å². The highest BCUT2D eigenvalue weighted by Crippen LogP contribution is 2.44. The molecule has 1 saturated carbocycles. The zero-order valence-electron chi connectivity index (χ0n) is 11.6. The van der Waals surface area contributed by atoms with E-state index in [1.807, 2.05) is 6.07 Å². The Hall–Kier alpha value is -1.10. The van der Waals surface area contributed by atoms with Crippen molar-refractivity contribution in [2.45, 2.75) is 56.5 Å². The Morgan fingerprint density at radius 1 is 1.25 bits per heavy atom. The van der Waals surface area contributed by atoms with Crippen LogP contribution in [0.2, 0.25) is 0 Å². The number of hydrazine groups is 1. The number of fused-ring (bicyclic) bond motifs is 2. The summed E-state index contributed by atoms with van der Waals surface area (Å²) in [6.45, 7) is 0. The van der Waals surface area contributed by atoms with Gasteiger partial charge in [-0.15, -0.1) is 0 Å². The predicted molar refractivity (Wildman–Crippen MR) is 76.2 cm³/mol. The maximum absolute atomic E-state index is 5.97. The summed E-state index contributed by atoms with van der Waals surface area (Å²) in [5, 5.41) is 0. The highest BCUT2D eigenvalue weighted by Gasteiger charge is 2.44. The van der Waals surface area contributed by atoms with Gasteiger partial charge in [0.1, 0.15) is 5.75 Å². The van der Waals surface area contributed by atoms with E-state index in [1.54, 1.807) is 0 Å². The first-order valence-corrected chi connectivity index (χ1v) is 7.71. The first kappa shape index (κ1) is 12.6. The molecular weight excluding hydrogens is 252 g/mol. The Bertz CT molecular complexity index is 489. The Morgan fingerprint density at radius 2 is 2.15 bits per heavy atom. The fourth-order valence-electron chi connectivity index (χ4n) is 3.65. The molecule has 2 heterocycles. The number of nitrogens with one attached hydrogen (secondary N) is 1. The second-order valence-corrected chi connectivity index (χ2v) is 6.31. The fourth-order valence-corrected chi connectivity index (χ4v) is 3.65. The molecule has 2 bridgehead atoms. The van der Waals surface area contributed by atoms with Gasteiger partial charge in [-0.1, -0.05) is 12.1 Å². The van der Waals surface area contributed by atoms with Crippen LogP contribution in [0.1, 0.15) is 43.7 Å². The van der Waals surface area contributed by atoms with Gasteiger partial charge in [-0.2, -0.15) is 0 Å². The summed E-state index contributed by atoms with van der Waals surface area (Å²) in [5.41, 5.74) is 4.22. The maximum Gasteiger partial charge on any atom is 0.120 e. The monoisotopic (exact) mass is 274 g/mol. The van der Waals surface area contributed by atoms with Gasteiger partial charge in [0.15, 0.2) is 0 Å². The van der Waals surface area contributed by atoms with E-state index in [2.05, 4.69) is 23.6 Å². The van der Waals surface area contributed by atoms with Gasteiger partial charge >= 0.3 is 0 Å². The van der Waals surface area contributed by atoms with Crippen molar-refractivity contribution in [3.63, 3.8) is 0 Å². The zero-order chi connectivity index (χ0) is 13.5. The van der Waals surface area contributed by atoms with Crippen LogP contribution in [0.4, 0.5) is 0 Å². The average molecular weight is 274 g/mol. The van der Waals surface area contributed by atoms with E-state index in [1.165, 1.54) is 31.2 Å². The first-order valence-electron chi connectivity index (χ1n) is 7.71. The lowest BCUT2D eigenvalue weighted by Gasteiger charge is -2.28. The smallest absolute Gasteiger partial charge is 0.120 e. The van der Waals surface area contributed by atoms with E-state index in [4.69, 9.17) is 15.3 Å². The van der Waals surface area contributed by atoms with Crippen LogP contribution in [0, 0.1) is 5.92 Å². The maximum atomic E-state index is 5.97. The quantitative estimate of drug-likeness (QED) is 0.639. The minimum Gasteiger partial charge on any atom is -0.490 e. The lowest BCUT2D eigenvalue weighted by Crippen LogP contribution is -2.37. The lowest BCUT2D eigenvalue weighted by molar-refractivity contribution is 0.0856. The standard InChI is InChI=1S/C16H22N2O2/c17-18-16(14-9-13-6-7-15(14)20-13)10-2-1-3-12(8-10)19-11-4-5-11/h1-3,8,11,13-16,18H,4-7,9,17H2. The van der Waals surface area contributed by atoms with Gasteiger partial charge in [-0.25, -0.2) is 0 Å². The van der Waals surface area contributed by atoms with Gasteiger partial charge in [0.2, 0.25) is 0 Å². The molecule has 4 nitrogen and oxygen atoms in total. The molecule has 0 spiro atoms. The van der Waals surface area contributed by atoms with Crippen molar-refractivity contribution in [3.8, 4) is 5.75 Å². The number of benzene rings is 1. The van der Waals surface area contributed by atoms with Gasteiger partial charge in [-0.05, 0) is 49.8 Å². The molecule has 1 aliphatic carbocycles. The molecule has 3 fully saturated rings. The molecule has 0 amide bonds. The summed E-state index contributed by atoms with van der Waals surface area (Å²) in [4.78, 5) is 0. The fraction of sp³-hybridized carbons (Fsp3) is 0.625. The molecule has 2 aliphatic heterocycles. The van der Waals surface area contributed by atoms with Gasteiger partial charge < -0.3 is 9.47 Å². The summed E-state index contributed by atoms with van der Waals surface area (Å²) >= 11 is 0. The van der Waals surface area contributed by atoms with Crippen LogP contribution in [0.3, 0.4) is 0 Å². The van der Waals surface area contributed by atoms with E-state index in [9.17, 15) is 0 Å². The van der Waals surface area contributed by atoms with E-state index < -0.39 is 0 Å². The van der Waals surface area contributed by atoms with Crippen molar-refractivity contribution >= 4 is 0 Å². The third-order valence-corrected chi connectivity index (χ3v) is 4.81. The largest absolute Gasteiger partial charge is 0.490 e. The van der Waals surface area contributed by atoms with E-state index in [0.29, 0.717) is 24.2 Å². The van der Waals surface area contributed by atoms with Crippen LogP contribution in [0.15, 0.2) is 24.3 Å². The predicted octanol–water partition coefficient (Wildman–Crippen LogP) is 2.30. The van der Waals surface area contributed by atoms with Crippen molar-refractivity contribution in [3.05, 3.63) is 29.8 Å². The van der Waals surface area contributed by atoms with Crippen molar-refractivity contribution < 1.29 is 9.47 Å². The number of nitrogens with two attached hydrogens (primary N) is 1. The number of rotatable bonds is 5. The summed E-state index contributed by atoms with van der Waals surface area (Å²) in [7, 11) is 0. The minimum absolute atomic E-state index is 0.160. The van der Waals surface area contributed by atoms with Gasteiger partial charge in [0.05, 0.1) is 24.4 Å². The average Bonchev–Trinajstić information content (AvgIpc) is 3.02. The molecule has 1 aromatic rings. The normalized spacial score (nSPS) is 33.4. The SMILES string of the molecule is NNC(c1cccc(OC2CC2)c1)C1CC2CCC1O2. The summed E-state index contributed by atoms with van der Waals surface area (Å²) in [5.74, 6) is 7.28. The van der Waals surface area contributed by atoms with Crippen molar-refractivity contribution in [1.82, 2.24) is 5.43 Å². The highest BCUT2D eigenvalue weighted by molar-refractivity contribution is 5.32. The van der Waals surface area contributed by atoms with E-state index in [-0.39, 0.29) is 6.04 Å². The van der Waals surface area contributed by atoms with Gasteiger partial charge in [-0.3, -0.25) is 11.3 Å². The Morgan fingerprint density at radius 3 is 2.80 bits per heavy atom. The van der Waals surface area contributed by atoms with Crippen molar-refractivity contribution in [2.75, 3.05) is 0 Å². The van der Waals surface area contributed by atoms with Crippen LogP contribution in [-0.4, -0.2) is 18.3 Å². The Balaban J connectivity index is 1.54. The Labute approximate surface area is 119 Å². The van der Waals surface area contributed by atoms with E-state index >= 15 is 0 Å². The molecule has 4 atom stereocenters. The molecule has 2 saturated heterocycles. The topological polar surface area (TPSA) is 56.5 Å². The molecule has 0 aromatic heterocycles. The highest BCUT2D eigenvalue weighted by atomic mass is 16.5. The van der Waals surface area contributed by atoms with Crippen molar-refractivity contribution in [1.29, 1.82) is 0 Å². The first-order chi connectivity index (χ1) is 9.83. The molecule has 4 heteroatoms. The molecule has 0 radical (unpaired) electrons. The van der Waals surface area contributed by atoms with Gasteiger partial charge in [0.25, 0.3) is 0 Å². The Kier molecular flexibility index (Phi) is 3.17. The van der Waals surface area contributed by atoms with Crippen LogP contribution in [-0.2, 0) is 4.74 Å². The van der Waals surface area contributed by atoms with Gasteiger partial charge in [0, 0.05) is 5.92 Å². The third-order valence-electron chi connectivity index (χ3n) is 4.81. The molecule has 4 rings (SSSR count). The summed E-state index contributed by atoms with van der Waals surface area (Å²) < 4.78 is 11.9. The zero-order valence-corrected chi connectivity index (χ0v) is 11.6. The molecule has 20 heavy (non-hydrogen) atoms. The molecule has 3 N–H and O–H groups in total. The third kappa shape index (κ3) is 2.32. The second-order valence-electron chi connectivity index (χ2n) is 6.31. The van der Waals surface area contributed by atoms with E-state index in [0.717, 1.165) is 12.2 Å². The summed E-state index contributed by atoms with van der Waals surface area (Å²) in [6, 6.07) is 8.52. The lowest BCUT2D eigenvalue weighted by atomic mass is 9.81. The molecule has 4 unspecified atom stereocenters. The molecule has 3 aliphatic rings. The van der Waals surface area contributed by atoms with Crippen LogP contribution >= 0.6 is 0 Å². The molecule has 108 valence electrons. The summed E-state index contributed by atoms with van der Waals surface area (Å²) in [6.07, 6.45) is 7.12. The number of hydrogen-bond acceptors (Lipinski definition) is 4. The minimum atomic E-state index is 0.160. The number of hydrogen-bond donors (Lipinski definition) is 2. The van der Waals surface area contributed by atoms with Crippen LogP contribution in [0.5, 0.6) is 5.75 Å².